The third-order valence-electron chi connectivity index (χ3n) is 4.48. The van der Waals surface area contributed by atoms with Gasteiger partial charge in [0.05, 0.1) is 12.5 Å². The molecule has 1 aliphatic rings. The molecular formula is C20H24N2O2. The van der Waals surface area contributed by atoms with Crippen LogP contribution < -0.4 is 10.5 Å². The molecule has 1 aliphatic heterocycles. The Morgan fingerprint density at radius 1 is 1.08 bits per heavy atom. The lowest BCUT2D eigenvalue weighted by atomic mass is 9.91. The van der Waals surface area contributed by atoms with Gasteiger partial charge in [-0.2, -0.15) is 0 Å². The summed E-state index contributed by atoms with van der Waals surface area (Å²) in [5.41, 5.74) is 7.97. The molecule has 0 radical (unpaired) electrons. The van der Waals surface area contributed by atoms with Gasteiger partial charge in [0.1, 0.15) is 5.75 Å². The minimum atomic E-state index is -0.128. The lowest BCUT2D eigenvalue weighted by Gasteiger charge is -2.30. The summed E-state index contributed by atoms with van der Waals surface area (Å²) < 4.78 is 5.68. The standard InChI is InChI=1S/C20H24N2O2/c21-12-14-22(13-10-16-6-2-1-3-7-16)20(23)18-11-15-24-19-9-5-4-8-17(18)19/h1-9,18H,10-15,21H2. The first-order chi connectivity index (χ1) is 11.8. The second kappa shape index (κ2) is 7.97. The van der Waals surface area contributed by atoms with Crippen LogP contribution in [0.15, 0.2) is 54.6 Å². The number of fused-ring (bicyclic) bond motifs is 1. The largest absolute Gasteiger partial charge is 0.493 e. The van der Waals surface area contributed by atoms with E-state index in [4.69, 9.17) is 10.5 Å². The molecule has 0 saturated carbocycles. The van der Waals surface area contributed by atoms with Gasteiger partial charge in [-0.3, -0.25) is 4.79 Å². The summed E-state index contributed by atoms with van der Waals surface area (Å²) in [6, 6.07) is 18.1. The van der Waals surface area contributed by atoms with E-state index in [-0.39, 0.29) is 11.8 Å². The first kappa shape index (κ1) is 16.5. The Morgan fingerprint density at radius 2 is 1.83 bits per heavy atom. The van der Waals surface area contributed by atoms with E-state index in [9.17, 15) is 4.79 Å². The van der Waals surface area contributed by atoms with E-state index in [1.165, 1.54) is 5.56 Å². The van der Waals surface area contributed by atoms with Crippen molar-refractivity contribution < 1.29 is 9.53 Å². The Kier molecular flexibility index (Phi) is 5.49. The van der Waals surface area contributed by atoms with Crippen LogP contribution in [-0.2, 0) is 11.2 Å². The van der Waals surface area contributed by atoms with Gasteiger partial charge in [-0.05, 0) is 24.5 Å². The number of hydrogen-bond acceptors (Lipinski definition) is 3. The van der Waals surface area contributed by atoms with Crippen molar-refractivity contribution in [2.24, 2.45) is 5.73 Å². The van der Waals surface area contributed by atoms with Gasteiger partial charge >= 0.3 is 0 Å². The number of ether oxygens (including phenoxy) is 1. The number of para-hydroxylation sites is 1. The number of nitrogens with zero attached hydrogens (tertiary/aromatic N) is 1. The summed E-state index contributed by atoms with van der Waals surface area (Å²) >= 11 is 0. The lowest BCUT2D eigenvalue weighted by molar-refractivity contribution is -0.133. The maximum Gasteiger partial charge on any atom is 0.230 e. The maximum atomic E-state index is 13.1. The molecule has 3 rings (SSSR count). The summed E-state index contributed by atoms with van der Waals surface area (Å²) in [4.78, 5) is 15.0. The molecule has 2 aromatic rings. The fourth-order valence-electron chi connectivity index (χ4n) is 3.22. The van der Waals surface area contributed by atoms with Crippen molar-refractivity contribution in [2.75, 3.05) is 26.2 Å². The van der Waals surface area contributed by atoms with E-state index < -0.39 is 0 Å². The summed E-state index contributed by atoms with van der Waals surface area (Å²) in [7, 11) is 0. The van der Waals surface area contributed by atoms with E-state index in [0.717, 1.165) is 24.2 Å². The third kappa shape index (κ3) is 3.77. The molecule has 2 N–H and O–H groups in total. The summed E-state index contributed by atoms with van der Waals surface area (Å²) in [6.45, 7) is 2.35. The molecule has 2 aromatic carbocycles. The Balaban J connectivity index is 1.73. The number of carbonyl (C=O) groups excluding carboxylic acids is 1. The Bertz CT molecular complexity index is 672. The van der Waals surface area contributed by atoms with Crippen molar-refractivity contribution >= 4 is 5.91 Å². The molecule has 0 saturated heterocycles. The lowest BCUT2D eigenvalue weighted by Crippen LogP contribution is -2.41. The Morgan fingerprint density at radius 3 is 2.62 bits per heavy atom. The highest BCUT2D eigenvalue weighted by Crippen LogP contribution is 2.34. The smallest absolute Gasteiger partial charge is 0.230 e. The third-order valence-corrected chi connectivity index (χ3v) is 4.48. The average Bonchev–Trinajstić information content (AvgIpc) is 2.65. The molecule has 4 heteroatoms. The molecule has 126 valence electrons. The summed E-state index contributed by atoms with van der Waals surface area (Å²) in [5, 5.41) is 0. The number of amides is 1. The van der Waals surface area contributed by atoms with E-state index >= 15 is 0 Å². The van der Waals surface area contributed by atoms with Gasteiger partial charge < -0.3 is 15.4 Å². The van der Waals surface area contributed by atoms with Crippen LogP contribution in [0.2, 0.25) is 0 Å². The predicted molar refractivity (Wildman–Crippen MR) is 95.1 cm³/mol. The van der Waals surface area contributed by atoms with Crippen LogP contribution >= 0.6 is 0 Å². The first-order valence-electron chi connectivity index (χ1n) is 8.54. The van der Waals surface area contributed by atoms with Crippen LogP contribution in [0, 0.1) is 0 Å². The van der Waals surface area contributed by atoms with Crippen molar-refractivity contribution in [1.82, 2.24) is 4.90 Å². The maximum absolute atomic E-state index is 13.1. The molecule has 0 spiro atoms. The number of benzene rings is 2. The Hall–Kier alpha value is -2.33. The monoisotopic (exact) mass is 324 g/mol. The highest BCUT2D eigenvalue weighted by Gasteiger charge is 2.30. The normalized spacial score (nSPS) is 16.1. The topological polar surface area (TPSA) is 55.6 Å². The van der Waals surface area contributed by atoms with Crippen LogP contribution in [0.1, 0.15) is 23.5 Å². The van der Waals surface area contributed by atoms with Gasteiger partial charge in [-0.25, -0.2) is 0 Å². The minimum absolute atomic E-state index is 0.128. The first-order valence-corrected chi connectivity index (χ1v) is 8.54. The number of rotatable bonds is 6. The van der Waals surface area contributed by atoms with Gasteiger partial charge in [0.2, 0.25) is 5.91 Å². The number of nitrogens with two attached hydrogens (primary N) is 1. The number of hydrogen-bond donors (Lipinski definition) is 1. The van der Waals surface area contributed by atoms with Crippen molar-refractivity contribution in [3.63, 3.8) is 0 Å². The molecule has 0 fully saturated rings. The van der Waals surface area contributed by atoms with E-state index in [2.05, 4.69) is 12.1 Å². The summed E-state index contributed by atoms with van der Waals surface area (Å²) in [5.74, 6) is 0.863. The predicted octanol–water partition coefficient (Wildman–Crippen LogP) is 2.58. The van der Waals surface area contributed by atoms with Gasteiger partial charge in [0.15, 0.2) is 0 Å². The average molecular weight is 324 g/mol. The van der Waals surface area contributed by atoms with Gasteiger partial charge in [-0.1, -0.05) is 48.5 Å². The highest BCUT2D eigenvalue weighted by atomic mass is 16.5. The fourth-order valence-corrected chi connectivity index (χ4v) is 3.22. The highest BCUT2D eigenvalue weighted by molar-refractivity contribution is 5.85. The van der Waals surface area contributed by atoms with Crippen LogP contribution in [0.4, 0.5) is 0 Å². The quantitative estimate of drug-likeness (QED) is 0.888. The van der Waals surface area contributed by atoms with Crippen LogP contribution in [-0.4, -0.2) is 37.0 Å². The number of carbonyl (C=O) groups is 1. The van der Waals surface area contributed by atoms with E-state index in [0.29, 0.717) is 26.2 Å². The molecule has 4 nitrogen and oxygen atoms in total. The minimum Gasteiger partial charge on any atom is -0.493 e. The second-order valence-corrected chi connectivity index (χ2v) is 6.08. The van der Waals surface area contributed by atoms with Crippen molar-refractivity contribution in [3.05, 3.63) is 65.7 Å². The molecule has 1 heterocycles. The molecule has 0 aliphatic carbocycles. The zero-order valence-corrected chi connectivity index (χ0v) is 13.9. The van der Waals surface area contributed by atoms with Crippen LogP contribution in [0.25, 0.3) is 0 Å². The van der Waals surface area contributed by atoms with Crippen molar-refractivity contribution in [2.45, 2.75) is 18.8 Å². The molecule has 0 bridgehead atoms. The zero-order chi connectivity index (χ0) is 16.8. The van der Waals surface area contributed by atoms with Crippen molar-refractivity contribution in [3.8, 4) is 5.75 Å². The van der Waals surface area contributed by atoms with Gasteiger partial charge in [-0.15, -0.1) is 0 Å². The second-order valence-electron chi connectivity index (χ2n) is 6.08. The van der Waals surface area contributed by atoms with E-state index in [1.54, 1.807) is 0 Å². The zero-order valence-electron chi connectivity index (χ0n) is 13.9. The molecule has 24 heavy (non-hydrogen) atoms. The summed E-state index contributed by atoms with van der Waals surface area (Å²) in [6.07, 6.45) is 1.57. The molecular weight excluding hydrogens is 300 g/mol. The molecule has 1 atom stereocenters. The fraction of sp³-hybridized carbons (Fsp3) is 0.350. The van der Waals surface area contributed by atoms with Crippen molar-refractivity contribution in [1.29, 1.82) is 0 Å². The van der Waals surface area contributed by atoms with Gasteiger partial charge in [0, 0.05) is 25.2 Å². The molecule has 0 aromatic heterocycles. The molecule has 1 unspecified atom stereocenters. The van der Waals surface area contributed by atoms with Crippen LogP contribution in [0.3, 0.4) is 0 Å². The Labute approximate surface area is 143 Å². The van der Waals surface area contributed by atoms with Crippen LogP contribution in [0.5, 0.6) is 5.75 Å². The van der Waals surface area contributed by atoms with Gasteiger partial charge in [0.25, 0.3) is 0 Å². The van der Waals surface area contributed by atoms with E-state index in [1.807, 2.05) is 47.4 Å². The SMILES string of the molecule is NCCN(CCc1ccccc1)C(=O)C1CCOc2ccccc21. The molecule has 1 amide bonds.